The molecule has 1 atom stereocenters. The third kappa shape index (κ3) is 4.30. The molecular weight excluding hydrogens is 290 g/mol. The average Bonchev–Trinajstić information content (AvgIpc) is 3.24. The van der Waals surface area contributed by atoms with E-state index in [1.54, 1.807) is 7.11 Å². The molecule has 2 aliphatic rings. The van der Waals surface area contributed by atoms with E-state index < -0.39 is 0 Å². The maximum atomic E-state index is 11.9. The summed E-state index contributed by atoms with van der Waals surface area (Å²) in [6.45, 7) is 2.76. The summed E-state index contributed by atoms with van der Waals surface area (Å²) >= 11 is 0. The summed E-state index contributed by atoms with van der Waals surface area (Å²) in [5.74, 6) is 1.40. The van der Waals surface area contributed by atoms with Gasteiger partial charge in [-0.1, -0.05) is 18.9 Å². The van der Waals surface area contributed by atoms with Crippen molar-refractivity contribution in [3.05, 3.63) is 24.3 Å². The number of ether oxygens (including phenoxy) is 1. The van der Waals surface area contributed by atoms with Gasteiger partial charge in [0.25, 0.3) is 0 Å². The second-order valence-electron chi connectivity index (χ2n) is 6.64. The van der Waals surface area contributed by atoms with Crippen LogP contribution in [0.1, 0.15) is 32.1 Å². The third-order valence-corrected chi connectivity index (χ3v) is 4.95. The summed E-state index contributed by atoms with van der Waals surface area (Å²) < 4.78 is 5.29. The highest BCUT2D eigenvalue weighted by Gasteiger charge is 2.24. The number of carbonyl (C=O) groups is 1. The van der Waals surface area contributed by atoms with E-state index in [0.717, 1.165) is 44.6 Å². The fourth-order valence-corrected chi connectivity index (χ4v) is 3.58. The molecule has 0 radical (unpaired) electrons. The summed E-state index contributed by atoms with van der Waals surface area (Å²) in [6, 6.07) is 8.55. The van der Waals surface area contributed by atoms with Crippen LogP contribution in [0.5, 0.6) is 5.75 Å². The van der Waals surface area contributed by atoms with Gasteiger partial charge in [-0.25, -0.2) is 4.79 Å². The maximum Gasteiger partial charge on any atom is 0.315 e. The lowest BCUT2D eigenvalue weighted by Crippen LogP contribution is -2.42. The first-order valence-electron chi connectivity index (χ1n) is 8.68. The highest BCUT2D eigenvalue weighted by atomic mass is 16.5. The zero-order valence-corrected chi connectivity index (χ0v) is 13.9. The standard InChI is InChI=1S/C18H27N3O2/c1-23-17-8-4-7-16(11-17)21-10-9-14(13-21)12-19-18(22)20-15-5-2-3-6-15/h4,7-8,11,14-15H,2-3,5-6,9-10,12-13H2,1H3,(H2,19,20,22)/t14-/m0/s1. The van der Waals surface area contributed by atoms with Crippen molar-refractivity contribution in [2.24, 2.45) is 5.92 Å². The molecule has 1 aromatic rings. The fourth-order valence-electron chi connectivity index (χ4n) is 3.58. The summed E-state index contributed by atoms with van der Waals surface area (Å²) in [5, 5.41) is 6.13. The Kier molecular flexibility index (Phi) is 5.26. The van der Waals surface area contributed by atoms with E-state index >= 15 is 0 Å². The molecule has 5 nitrogen and oxygen atoms in total. The Morgan fingerprint density at radius 1 is 1.30 bits per heavy atom. The van der Waals surface area contributed by atoms with Crippen molar-refractivity contribution < 1.29 is 9.53 Å². The Morgan fingerprint density at radius 3 is 2.91 bits per heavy atom. The summed E-state index contributed by atoms with van der Waals surface area (Å²) in [7, 11) is 1.69. The number of hydrogen-bond acceptors (Lipinski definition) is 3. The number of benzene rings is 1. The lowest BCUT2D eigenvalue weighted by Gasteiger charge is -2.20. The Bertz CT molecular complexity index is 529. The number of anilines is 1. The van der Waals surface area contributed by atoms with Gasteiger partial charge < -0.3 is 20.3 Å². The van der Waals surface area contributed by atoms with Crippen molar-refractivity contribution in [2.75, 3.05) is 31.6 Å². The van der Waals surface area contributed by atoms with Gasteiger partial charge in [0.2, 0.25) is 0 Å². The number of rotatable bonds is 5. The SMILES string of the molecule is COc1cccc(N2CC[C@@H](CNC(=O)NC3CCCC3)C2)c1. The number of carbonyl (C=O) groups excluding carboxylic acids is 1. The molecule has 1 saturated heterocycles. The predicted octanol–water partition coefficient (Wildman–Crippen LogP) is 2.76. The van der Waals surface area contributed by atoms with Crippen molar-refractivity contribution in [2.45, 2.75) is 38.1 Å². The van der Waals surface area contributed by atoms with E-state index in [2.05, 4.69) is 27.7 Å². The van der Waals surface area contributed by atoms with Crippen molar-refractivity contribution in [3.8, 4) is 5.75 Å². The van der Waals surface area contributed by atoms with E-state index in [0.29, 0.717) is 12.0 Å². The van der Waals surface area contributed by atoms with Gasteiger partial charge in [0.05, 0.1) is 7.11 Å². The quantitative estimate of drug-likeness (QED) is 0.878. The molecule has 126 valence electrons. The van der Waals surface area contributed by atoms with Crippen LogP contribution in [0.4, 0.5) is 10.5 Å². The van der Waals surface area contributed by atoms with E-state index in [1.165, 1.54) is 18.5 Å². The van der Waals surface area contributed by atoms with Gasteiger partial charge in [-0.05, 0) is 37.3 Å². The molecule has 1 aliphatic carbocycles. The van der Waals surface area contributed by atoms with Gasteiger partial charge in [-0.3, -0.25) is 0 Å². The summed E-state index contributed by atoms with van der Waals surface area (Å²) in [5.41, 5.74) is 1.20. The molecule has 1 aromatic carbocycles. The highest BCUT2D eigenvalue weighted by Crippen LogP contribution is 2.26. The number of nitrogens with zero attached hydrogens (tertiary/aromatic N) is 1. The first-order chi connectivity index (χ1) is 11.2. The Balaban J connectivity index is 1.43. The first kappa shape index (κ1) is 16.0. The zero-order chi connectivity index (χ0) is 16.1. The molecule has 5 heteroatoms. The maximum absolute atomic E-state index is 11.9. The average molecular weight is 317 g/mol. The minimum absolute atomic E-state index is 0.00303. The van der Waals surface area contributed by atoms with Crippen molar-refractivity contribution >= 4 is 11.7 Å². The molecule has 2 amide bonds. The Hall–Kier alpha value is -1.91. The second kappa shape index (κ2) is 7.57. The van der Waals surface area contributed by atoms with Crippen LogP contribution in [-0.4, -0.2) is 38.8 Å². The number of methoxy groups -OCH3 is 1. The van der Waals surface area contributed by atoms with Crippen LogP contribution in [0.25, 0.3) is 0 Å². The molecule has 0 aromatic heterocycles. The molecule has 23 heavy (non-hydrogen) atoms. The molecular formula is C18H27N3O2. The van der Waals surface area contributed by atoms with Crippen LogP contribution < -0.4 is 20.3 Å². The smallest absolute Gasteiger partial charge is 0.315 e. The number of urea groups is 1. The molecule has 0 unspecified atom stereocenters. The summed E-state index contributed by atoms with van der Waals surface area (Å²) in [4.78, 5) is 14.3. The van der Waals surface area contributed by atoms with Crippen molar-refractivity contribution in [3.63, 3.8) is 0 Å². The molecule has 1 saturated carbocycles. The van der Waals surface area contributed by atoms with Gasteiger partial charge in [0.1, 0.15) is 5.75 Å². The molecule has 1 aliphatic heterocycles. The topological polar surface area (TPSA) is 53.6 Å². The lowest BCUT2D eigenvalue weighted by molar-refractivity contribution is 0.235. The lowest BCUT2D eigenvalue weighted by atomic mass is 10.1. The summed E-state index contributed by atoms with van der Waals surface area (Å²) in [6.07, 6.45) is 5.84. The zero-order valence-electron chi connectivity index (χ0n) is 13.9. The molecule has 1 heterocycles. The van der Waals surface area contributed by atoms with Crippen LogP contribution in [0, 0.1) is 5.92 Å². The fraction of sp³-hybridized carbons (Fsp3) is 0.611. The first-order valence-corrected chi connectivity index (χ1v) is 8.68. The van der Waals surface area contributed by atoms with Crippen LogP contribution in [0.2, 0.25) is 0 Å². The Labute approximate surface area is 138 Å². The minimum Gasteiger partial charge on any atom is -0.497 e. The van der Waals surface area contributed by atoms with E-state index in [4.69, 9.17) is 4.74 Å². The molecule has 3 rings (SSSR count). The number of hydrogen-bond donors (Lipinski definition) is 2. The number of amides is 2. The third-order valence-electron chi connectivity index (χ3n) is 4.95. The van der Waals surface area contributed by atoms with Crippen molar-refractivity contribution in [1.29, 1.82) is 0 Å². The monoisotopic (exact) mass is 317 g/mol. The van der Waals surface area contributed by atoms with E-state index in [9.17, 15) is 4.79 Å². The molecule has 2 fully saturated rings. The van der Waals surface area contributed by atoms with Gasteiger partial charge in [0.15, 0.2) is 0 Å². The van der Waals surface area contributed by atoms with E-state index in [1.807, 2.05) is 12.1 Å². The van der Waals surface area contributed by atoms with Crippen molar-refractivity contribution in [1.82, 2.24) is 10.6 Å². The van der Waals surface area contributed by atoms with Gasteiger partial charge >= 0.3 is 6.03 Å². The van der Waals surface area contributed by atoms with Gasteiger partial charge in [-0.2, -0.15) is 0 Å². The minimum atomic E-state index is -0.00303. The van der Waals surface area contributed by atoms with Crippen LogP contribution in [-0.2, 0) is 0 Å². The molecule has 2 N–H and O–H groups in total. The normalized spacial score (nSPS) is 21.4. The van der Waals surface area contributed by atoms with Gasteiger partial charge in [0, 0.05) is 37.4 Å². The van der Waals surface area contributed by atoms with Gasteiger partial charge in [-0.15, -0.1) is 0 Å². The molecule has 0 spiro atoms. The largest absolute Gasteiger partial charge is 0.497 e. The Morgan fingerprint density at radius 2 is 2.13 bits per heavy atom. The van der Waals surface area contributed by atoms with Crippen LogP contribution in [0.3, 0.4) is 0 Å². The van der Waals surface area contributed by atoms with E-state index in [-0.39, 0.29) is 6.03 Å². The highest BCUT2D eigenvalue weighted by molar-refractivity contribution is 5.74. The predicted molar refractivity (Wildman–Crippen MR) is 92.1 cm³/mol. The van der Waals surface area contributed by atoms with Crippen LogP contribution >= 0.6 is 0 Å². The second-order valence-corrected chi connectivity index (χ2v) is 6.64. The number of nitrogens with one attached hydrogen (secondary N) is 2. The van der Waals surface area contributed by atoms with Crippen LogP contribution in [0.15, 0.2) is 24.3 Å². The molecule has 0 bridgehead atoms.